The molecule has 0 saturated heterocycles. The van der Waals surface area contributed by atoms with Gasteiger partial charge in [0.2, 0.25) is 0 Å². The summed E-state index contributed by atoms with van der Waals surface area (Å²) in [6.45, 7) is 0. The lowest BCUT2D eigenvalue weighted by Crippen LogP contribution is -2.16. The van der Waals surface area contributed by atoms with E-state index in [4.69, 9.17) is 0 Å². The van der Waals surface area contributed by atoms with Crippen molar-refractivity contribution in [3.05, 3.63) is 144 Å². The second-order valence-corrected chi connectivity index (χ2v) is 8.56. The summed E-state index contributed by atoms with van der Waals surface area (Å²) in [4.78, 5) is 4.61. The molecule has 5 aromatic rings. The average Bonchev–Trinajstić information content (AvgIpc) is 2.88. The fourth-order valence-corrected chi connectivity index (χ4v) is 4.38. The largest absolute Gasteiger partial charge is 0.308 e. The van der Waals surface area contributed by atoms with Crippen molar-refractivity contribution in [3.8, 4) is 0 Å². The maximum Gasteiger partial charge on any atom is 0.0713 e. The fourth-order valence-electron chi connectivity index (χ4n) is 4.03. The van der Waals surface area contributed by atoms with Gasteiger partial charge in [0.1, 0.15) is 0 Å². The summed E-state index contributed by atoms with van der Waals surface area (Å²) in [6, 6.07) is 48.5. The SMILES string of the molecule is Brc1ccc(N(c2ccccc2)c2ccccc2)c(N(c2ccccc2)c2ccccc2)c1. The molecule has 5 aromatic carbocycles. The Hall–Kier alpha value is -3.82. The number of para-hydroxylation sites is 4. The Balaban J connectivity index is 1.77. The van der Waals surface area contributed by atoms with Gasteiger partial charge in [-0.1, -0.05) is 88.7 Å². The van der Waals surface area contributed by atoms with Gasteiger partial charge in [0.25, 0.3) is 0 Å². The topological polar surface area (TPSA) is 6.48 Å². The van der Waals surface area contributed by atoms with Crippen LogP contribution in [0.3, 0.4) is 0 Å². The highest BCUT2D eigenvalue weighted by Crippen LogP contribution is 2.46. The smallest absolute Gasteiger partial charge is 0.0713 e. The first kappa shape index (κ1) is 21.0. The van der Waals surface area contributed by atoms with Crippen LogP contribution in [0.15, 0.2) is 144 Å². The molecule has 2 nitrogen and oxygen atoms in total. The van der Waals surface area contributed by atoms with Crippen LogP contribution in [0.5, 0.6) is 0 Å². The molecular formula is C30H23BrN2. The zero-order valence-electron chi connectivity index (χ0n) is 18.1. The second-order valence-electron chi connectivity index (χ2n) is 7.65. The average molecular weight is 491 g/mol. The molecule has 0 aliphatic rings. The van der Waals surface area contributed by atoms with Crippen molar-refractivity contribution in [2.75, 3.05) is 9.80 Å². The Morgan fingerprint density at radius 2 is 0.697 bits per heavy atom. The van der Waals surface area contributed by atoms with Gasteiger partial charge >= 0.3 is 0 Å². The van der Waals surface area contributed by atoms with E-state index in [1.807, 2.05) is 0 Å². The van der Waals surface area contributed by atoms with Crippen molar-refractivity contribution >= 4 is 50.1 Å². The second kappa shape index (κ2) is 9.76. The van der Waals surface area contributed by atoms with E-state index in [0.29, 0.717) is 0 Å². The zero-order chi connectivity index (χ0) is 22.5. The van der Waals surface area contributed by atoms with Crippen LogP contribution in [0.1, 0.15) is 0 Å². The minimum absolute atomic E-state index is 1.03. The number of halogens is 1. The first-order chi connectivity index (χ1) is 16.3. The number of hydrogen-bond donors (Lipinski definition) is 0. The summed E-state index contributed by atoms with van der Waals surface area (Å²) >= 11 is 3.73. The lowest BCUT2D eigenvalue weighted by atomic mass is 10.1. The van der Waals surface area contributed by atoms with Crippen LogP contribution in [0, 0.1) is 0 Å². The van der Waals surface area contributed by atoms with Gasteiger partial charge in [-0.25, -0.2) is 0 Å². The van der Waals surface area contributed by atoms with Gasteiger partial charge in [-0.3, -0.25) is 0 Å². The van der Waals surface area contributed by atoms with Crippen LogP contribution in [0.25, 0.3) is 0 Å². The van der Waals surface area contributed by atoms with Crippen molar-refractivity contribution in [1.29, 1.82) is 0 Å². The highest BCUT2D eigenvalue weighted by Gasteiger charge is 2.22. The van der Waals surface area contributed by atoms with E-state index in [9.17, 15) is 0 Å². The van der Waals surface area contributed by atoms with E-state index in [2.05, 4.69) is 165 Å². The van der Waals surface area contributed by atoms with E-state index < -0.39 is 0 Å². The Bertz CT molecular complexity index is 1230. The molecule has 160 valence electrons. The zero-order valence-corrected chi connectivity index (χ0v) is 19.6. The summed E-state index contributed by atoms with van der Waals surface area (Å²) in [5, 5.41) is 0. The van der Waals surface area contributed by atoms with E-state index in [-0.39, 0.29) is 0 Å². The van der Waals surface area contributed by atoms with E-state index in [1.54, 1.807) is 0 Å². The molecule has 0 heterocycles. The van der Waals surface area contributed by atoms with Crippen LogP contribution >= 0.6 is 15.9 Å². The molecule has 0 unspecified atom stereocenters. The molecule has 0 radical (unpaired) electrons. The van der Waals surface area contributed by atoms with Gasteiger partial charge in [0.05, 0.1) is 11.4 Å². The molecule has 0 spiro atoms. The van der Waals surface area contributed by atoms with Crippen LogP contribution in [0.2, 0.25) is 0 Å². The molecule has 0 atom stereocenters. The lowest BCUT2D eigenvalue weighted by molar-refractivity contribution is 1.22. The van der Waals surface area contributed by atoms with E-state index in [0.717, 1.165) is 38.6 Å². The standard InChI is InChI=1S/C30H23BrN2/c31-24-21-22-29(32(25-13-5-1-6-14-25)26-15-7-2-8-16-26)30(23-24)33(27-17-9-3-10-18-27)28-19-11-4-12-20-28/h1-23H. The molecule has 0 aliphatic carbocycles. The highest BCUT2D eigenvalue weighted by molar-refractivity contribution is 9.10. The minimum Gasteiger partial charge on any atom is -0.308 e. The summed E-state index contributed by atoms with van der Waals surface area (Å²) in [7, 11) is 0. The minimum atomic E-state index is 1.03. The van der Waals surface area contributed by atoms with Crippen LogP contribution in [-0.2, 0) is 0 Å². The quantitative estimate of drug-likeness (QED) is 0.233. The molecule has 0 N–H and O–H groups in total. The molecule has 0 aliphatic heterocycles. The van der Waals surface area contributed by atoms with Crippen LogP contribution in [-0.4, -0.2) is 0 Å². The molecule has 0 bridgehead atoms. The third kappa shape index (κ3) is 4.55. The number of rotatable bonds is 6. The van der Waals surface area contributed by atoms with E-state index >= 15 is 0 Å². The highest BCUT2D eigenvalue weighted by atomic mass is 79.9. The molecule has 0 aromatic heterocycles. The molecule has 3 heteroatoms. The normalized spacial score (nSPS) is 10.6. The van der Waals surface area contributed by atoms with Crippen LogP contribution in [0.4, 0.5) is 34.1 Å². The van der Waals surface area contributed by atoms with Gasteiger partial charge in [0.15, 0.2) is 0 Å². The predicted molar refractivity (Wildman–Crippen MR) is 144 cm³/mol. The Morgan fingerprint density at radius 1 is 0.364 bits per heavy atom. The van der Waals surface area contributed by atoms with Gasteiger partial charge < -0.3 is 9.80 Å². The maximum atomic E-state index is 3.73. The maximum absolute atomic E-state index is 3.73. The summed E-state index contributed by atoms with van der Waals surface area (Å²) < 4.78 is 1.03. The van der Waals surface area contributed by atoms with E-state index in [1.165, 1.54) is 0 Å². The van der Waals surface area contributed by atoms with Crippen molar-refractivity contribution in [1.82, 2.24) is 0 Å². The number of hydrogen-bond acceptors (Lipinski definition) is 2. The predicted octanol–water partition coefficient (Wildman–Crippen LogP) is 9.39. The Labute approximate surface area is 203 Å². The first-order valence-corrected chi connectivity index (χ1v) is 11.7. The molecule has 0 amide bonds. The summed E-state index contributed by atoms with van der Waals surface area (Å²) in [5.41, 5.74) is 6.58. The lowest BCUT2D eigenvalue weighted by Gasteiger charge is -2.33. The van der Waals surface area contributed by atoms with Gasteiger partial charge in [0, 0.05) is 27.2 Å². The summed E-state index contributed by atoms with van der Waals surface area (Å²) in [5.74, 6) is 0. The number of anilines is 6. The van der Waals surface area contributed by atoms with Crippen molar-refractivity contribution in [2.24, 2.45) is 0 Å². The Morgan fingerprint density at radius 3 is 1.06 bits per heavy atom. The third-order valence-corrected chi connectivity index (χ3v) is 5.97. The molecule has 5 rings (SSSR count). The van der Waals surface area contributed by atoms with Crippen molar-refractivity contribution < 1.29 is 0 Å². The molecule has 0 fully saturated rings. The number of nitrogens with zero attached hydrogens (tertiary/aromatic N) is 2. The summed E-state index contributed by atoms with van der Waals surface area (Å²) in [6.07, 6.45) is 0. The monoisotopic (exact) mass is 490 g/mol. The Kier molecular flexibility index (Phi) is 6.23. The van der Waals surface area contributed by atoms with Gasteiger partial charge in [-0.05, 0) is 66.7 Å². The molecule has 33 heavy (non-hydrogen) atoms. The first-order valence-electron chi connectivity index (χ1n) is 10.9. The van der Waals surface area contributed by atoms with Crippen molar-refractivity contribution in [2.45, 2.75) is 0 Å². The van der Waals surface area contributed by atoms with Gasteiger partial charge in [-0.2, -0.15) is 0 Å². The van der Waals surface area contributed by atoms with Crippen molar-refractivity contribution in [3.63, 3.8) is 0 Å². The van der Waals surface area contributed by atoms with Gasteiger partial charge in [-0.15, -0.1) is 0 Å². The molecular weight excluding hydrogens is 468 g/mol. The number of benzene rings is 5. The van der Waals surface area contributed by atoms with Crippen LogP contribution < -0.4 is 9.80 Å². The molecule has 0 saturated carbocycles. The fraction of sp³-hybridized carbons (Fsp3) is 0. The third-order valence-electron chi connectivity index (χ3n) is 5.48.